The molecule has 0 bridgehead atoms. The number of aliphatic imine (C=N–C) groups is 1. The van der Waals surface area contributed by atoms with Gasteiger partial charge in [0.2, 0.25) is 0 Å². The Kier molecular flexibility index (Phi) is 3.88. The Hall–Kier alpha value is -2.14. The summed E-state index contributed by atoms with van der Waals surface area (Å²) in [7, 11) is 0. The molecule has 0 aliphatic carbocycles. The highest BCUT2D eigenvalue weighted by Gasteiger charge is 2.22. The predicted octanol–water partition coefficient (Wildman–Crippen LogP) is 3.99. The minimum absolute atomic E-state index is 0.399. The second-order valence-corrected chi connectivity index (χ2v) is 6.36. The largest absolute Gasteiger partial charge is 0.325 e. The molecule has 4 nitrogen and oxygen atoms in total. The summed E-state index contributed by atoms with van der Waals surface area (Å²) in [6.45, 7) is 0.851. The van der Waals surface area contributed by atoms with Crippen LogP contribution in [0.1, 0.15) is 22.6 Å². The fourth-order valence-corrected chi connectivity index (χ4v) is 3.39. The van der Waals surface area contributed by atoms with Crippen molar-refractivity contribution in [2.24, 2.45) is 10.7 Å². The highest BCUT2D eigenvalue weighted by Crippen LogP contribution is 2.30. The number of benzene rings is 2. The van der Waals surface area contributed by atoms with Crippen LogP contribution in [0.4, 0.5) is 0 Å². The zero-order valence-electron chi connectivity index (χ0n) is 12.7. The number of fused-ring (bicyclic) bond motifs is 3. The van der Waals surface area contributed by atoms with Crippen LogP contribution in [0.2, 0.25) is 10.0 Å². The van der Waals surface area contributed by atoms with Crippen LogP contribution in [0.5, 0.6) is 0 Å². The molecule has 1 aliphatic rings. The smallest absolute Gasteiger partial charge is 0.135 e. The van der Waals surface area contributed by atoms with Gasteiger partial charge in [0.1, 0.15) is 5.82 Å². The van der Waals surface area contributed by atoms with Crippen LogP contribution in [0.3, 0.4) is 0 Å². The summed E-state index contributed by atoms with van der Waals surface area (Å²) in [5.41, 5.74) is 10.4. The summed E-state index contributed by atoms with van der Waals surface area (Å²) in [6.07, 6.45) is 1.80. The molecule has 1 aliphatic heterocycles. The van der Waals surface area contributed by atoms with Crippen LogP contribution in [-0.4, -0.2) is 15.3 Å². The first kappa shape index (κ1) is 15.4. The van der Waals surface area contributed by atoms with Crippen molar-refractivity contribution in [2.75, 3.05) is 0 Å². The third kappa shape index (κ3) is 2.44. The van der Waals surface area contributed by atoms with Crippen molar-refractivity contribution in [3.63, 3.8) is 0 Å². The van der Waals surface area contributed by atoms with E-state index in [1.54, 1.807) is 6.20 Å². The molecule has 2 N–H and O–H groups in total. The SMILES string of the molecule is NCc1cnc2n1-c1ccc(Cl)cc1C(c1ccccc1Cl)=NC2. The molecule has 2 aromatic carbocycles. The molecule has 1 aromatic heterocycles. The van der Waals surface area contributed by atoms with E-state index in [9.17, 15) is 0 Å². The summed E-state index contributed by atoms with van der Waals surface area (Å²) in [4.78, 5) is 9.24. The van der Waals surface area contributed by atoms with E-state index in [2.05, 4.69) is 9.55 Å². The molecule has 24 heavy (non-hydrogen) atoms. The summed E-state index contributed by atoms with van der Waals surface area (Å²) in [6, 6.07) is 13.4. The zero-order valence-corrected chi connectivity index (χ0v) is 14.2. The molecule has 0 unspecified atom stereocenters. The Morgan fingerprint density at radius 1 is 1.08 bits per heavy atom. The number of aromatic nitrogens is 2. The molecule has 0 amide bonds. The van der Waals surface area contributed by atoms with Crippen LogP contribution >= 0.6 is 23.2 Å². The molecule has 3 aromatic rings. The van der Waals surface area contributed by atoms with E-state index < -0.39 is 0 Å². The maximum absolute atomic E-state index is 6.40. The summed E-state index contributed by atoms with van der Waals surface area (Å²) in [5, 5.41) is 1.30. The molecule has 0 spiro atoms. The highest BCUT2D eigenvalue weighted by molar-refractivity contribution is 6.36. The van der Waals surface area contributed by atoms with Crippen molar-refractivity contribution in [3.8, 4) is 5.69 Å². The molecule has 6 heteroatoms. The number of hydrogen-bond donors (Lipinski definition) is 1. The molecule has 4 rings (SSSR count). The van der Waals surface area contributed by atoms with E-state index in [4.69, 9.17) is 33.9 Å². The van der Waals surface area contributed by atoms with Gasteiger partial charge in [-0.15, -0.1) is 0 Å². The van der Waals surface area contributed by atoms with E-state index in [1.807, 2.05) is 42.5 Å². The van der Waals surface area contributed by atoms with E-state index >= 15 is 0 Å². The topological polar surface area (TPSA) is 56.2 Å². The molecule has 2 heterocycles. The fraction of sp³-hybridized carbons (Fsp3) is 0.111. The average molecular weight is 357 g/mol. The highest BCUT2D eigenvalue weighted by atomic mass is 35.5. The molecular weight excluding hydrogens is 343 g/mol. The Morgan fingerprint density at radius 3 is 2.71 bits per heavy atom. The van der Waals surface area contributed by atoms with E-state index in [0.29, 0.717) is 23.1 Å². The lowest BCUT2D eigenvalue weighted by atomic mass is 10.0. The van der Waals surface area contributed by atoms with Crippen molar-refractivity contribution >= 4 is 28.9 Å². The number of halogens is 2. The standard InChI is InChI=1S/C18H14Cl2N4/c19-11-5-6-16-14(7-11)18(13-3-1-2-4-15(13)20)23-10-17-22-9-12(8-21)24(16)17/h1-7,9H,8,10,21H2. The van der Waals surface area contributed by atoms with Crippen LogP contribution in [0.25, 0.3) is 5.69 Å². The normalized spacial score (nSPS) is 13.0. The van der Waals surface area contributed by atoms with Gasteiger partial charge in [0.25, 0.3) is 0 Å². The third-order valence-corrected chi connectivity index (χ3v) is 4.64. The molecule has 0 radical (unpaired) electrons. The number of rotatable bonds is 2. The van der Waals surface area contributed by atoms with Gasteiger partial charge in [0.05, 0.1) is 29.8 Å². The first-order valence-electron chi connectivity index (χ1n) is 7.54. The first-order chi connectivity index (χ1) is 11.7. The lowest BCUT2D eigenvalue weighted by Crippen LogP contribution is -2.11. The summed E-state index contributed by atoms with van der Waals surface area (Å²) >= 11 is 12.7. The number of nitrogens with zero attached hydrogens (tertiary/aromatic N) is 3. The van der Waals surface area contributed by atoms with Gasteiger partial charge in [-0.1, -0.05) is 41.4 Å². The lowest BCUT2D eigenvalue weighted by molar-refractivity contribution is 0.833. The maximum atomic E-state index is 6.40. The van der Waals surface area contributed by atoms with Crippen molar-refractivity contribution in [3.05, 3.63) is 81.4 Å². The van der Waals surface area contributed by atoms with E-state index in [1.165, 1.54) is 0 Å². The van der Waals surface area contributed by atoms with Crippen LogP contribution in [0, 0.1) is 0 Å². The van der Waals surface area contributed by atoms with E-state index in [0.717, 1.165) is 34.0 Å². The number of nitrogens with two attached hydrogens (primary N) is 1. The molecular formula is C18H14Cl2N4. The second-order valence-electron chi connectivity index (χ2n) is 5.51. The maximum Gasteiger partial charge on any atom is 0.135 e. The van der Waals surface area contributed by atoms with Gasteiger partial charge in [0, 0.05) is 27.7 Å². The Morgan fingerprint density at radius 2 is 1.92 bits per heavy atom. The molecule has 120 valence electrons. The zero-order chi connectivity index (χ0) is 16.7. The average Bonchev–Trinajstić information content (AvgIpc) is 2.93. The first-order valence-corrected chi connectivity index (χ1v) is 8.30. The monoisotopic (exact) mass is 356 g/mol. The van der Waals surface area contributed by atoms with Crippen LogP contribution in [-0.2, 0) is 13.1 Å². The minimum Gasteiger partial charge on any atom is -0.325 e. The Labute approximate surface area is 149 Å². The van der Waals surface area contributed by atoms with Crippen molar-refractivity contribution in [1.82, 2.24) is 9.55 Å². The van der Waals surface area contributed by atoms with Gasteiger partial charge in [-0.25, -0.2) is 4.98 Å². The van der Waals surface area contributed by atoms with Gasteiger partial charge in [-0.05, 0) is 24.3 Å². The lowest BCUT2D eigenvalue weighted by Gasteiger charge is -2.15. The molecule has 0 atom stereocenters. The third-order valence-electron chi connectivity index (χ3n) is 4.08. The Balaban J connectivity index is 2.01. The van der Waals surface area contributed by atoms with Gasteiger partial charge >= 0.3 is 0 Å². The molecule has 0 saturated carbocycles. The van der Waals surface area contributed by atoms with Gasteiger partial charge in [-0.2, -0.15) is 0 Å². The van der Waals surface area contributed by atoms with Gasteiger partial charge < -0.3 is 5.73 Å². The minimum atomic E-state index is 0.399. The molecule has 0 fully saturated rings. The quantitative estimate of drug-likeness (QED) is 0.754. The van der Waals surface area contributed by atoms with Crippen molar-refractivity contribution < 1.29 is 0 Å². The van der Waals surface area contributed by atoms with Crippen LogP contribution < -0.4 is 5.73 Å². The van der Waals surface area contributed by atoms with Crippen molar-refractivity contribution in [2.45, 2.75) is 13.1 Å². The predicted molar refractivity (Wildman–Crippen MR) is 97.3 cm³/mol. The second kappa shape index (κ2) is 6.06. The summed E-state index contributed by atoms with van der Waals surface area (Å²) in [5.74, 6) is 0.848. The number of imidazole rings is 1. The van der Waals surface area contributed by atoms with Crippen molar-refractivity contribution in [1.29, 1.82) is 0 Å². The van der Waals surface area contributed by atoms with E-state index in [-0.39, 0.29) is 0 Å². The van der Waals surface area contributed by atoms with Gasteiger partial charge in [0.15, 0.2) is 0 Å². The summed E-state index contributed by atoms with van der Waals surface area (Å²) < 4.78 is 2.05. The Bertz CT molecular complexity index is 959. The van der Waals surface area contributed by atoms with Crippen LogP contribution in [0.15, 0.2) is 53.7 Å². The molecule has 0 saturated heterocycles. The number of hydrogen-bond acceptors (Lipinski definition) is 3. The fourth-order valence-electron chi connectivity index (χ4n) is 2.99. The van der Waals surface area contributed by atoms with Gasteiger partial charge in [-0.3, -0.25) is 9.56 Å².